The Morgan fingerprint density at radius 2 is 1.85 bits per heavy atom. The lowest BCUT2D eigenvalue weighted by Gasteiger charge is -2.32. The van der Waals surface area contributed by atoms with Gasteiger partial charge in [-0.05, 0) is 54.4 Å². The molecule has 1 aliphatic heterocycles. The van der Waals surface area contributed by atoms with Crippen LogP contribution in [0.1, 0.15) is 17.5 Å². The number of amides is 2. The van der Waals surface area contributed by atoms with E-state index >= 15 is 0 Å². The molecule has 0 aromatic heterocycles. The van der Waals surface area contributed by atoms with Crippen molar-refractivity contribution in [1.29, 1.82) is 0 Å². The first-order valence-corrected chi connectivity index (χ1v) is 11.5. The van der Waals surface area contributed by atoms with Crippen molar-refractivity contribution in [3.05, 3.63) is 90.0 Å². The van der Waals surface area contributed by atoms with Gasteiger partial charge in [0.25, 0.3) is 0 Å². The second-order valence-electron chi connectivity index (χ2n) is 7.73. The maximum absolute atomic E-state index is 13.2. The minimum Gasteiger partial charge on any atom is -0.497 e. The first-order chi connectivity index (χ1) is 16.0. The number of carbonyl (C=O) groups excluding carboxylic acids is 2. The van der Waals surface area contributed by atoms with Gasteiger partial charge in [0.15, 0.2) is 5.17 Å². The van der Waals surface area contributed by atoms with E-state index in [0.717, 1.165) is 28.3 Å². The molecule has 1 atom stereocenters. The zero-order valence-corrected chi connectivity index (χ0v) is 19.3. The van der Waals surface area contributed by atoms with Crippen molar-refractivity contribution in [2.75, 3.05) is 12.4 Å². The predicted molar refractivity (Wildman–Crippen MR) is 133 cm³/mol. The van der Waals surface area contributed by atoms with Crippen LogP contribution in [0.15, 0.2) is 83.9 Å². The molecule has 0 saturated carbocycles. The summed E-state index contributed by atoms with van der Waals surface area (Å²) in [5, 5.41) is 2.88. The fourth-order valence-corrected chi connectivity index (χ4v) is 4.57. The topological polar surface area (TPSA) is 71.0 Å². The van der Waals surface area contributed by atoms with Gasteiger partial charge < -0.3 is 10.1 Å². The highest BCUT2D eigenvalue weighted by molar-refractivity contribution is 8.15. The van der Waals surface area contributed by atoms with E-state index in [2.05, 4.69) is 5.32 Å². The monoisotopic (exact) mass is 459 g/mol. The third kappa shape index (κ3) is 5.81. The van der Waals surface area contributed by atoms with Crippen molar-refractivity contribution in [3.8, 4) is 5.75 Å². The number of para-hydroxylation sites is 1. The summed E-state index contributed by atoms with van der Waals surface area (Å²) in [6.45, 7) is 2.34. The molecule has 3 aromatic carbocycles. The SMILES string of the molecule is COc1ccc(CN2C(=O)CC(C(=O)Nc3cccc(C)c3)SC2=Nc2ccccc2)cc1. The average Bonchev–Trinajstić information content (AvgIpc) is 2.82. The molecule has 6 nitrogen and oxygen atoms in total. The van der Waals surface area contributed by atoms with Gasteiger partial charge in [0.05, 0.1) is 19.3 Å². The van der Waals surface area contributed by atoms with Crippen LogP contribution in [-0.4, -0.2) is 34.2 Å². The number of ether oxygens (including phenoxy) is 1. The molecule has 7 heteroatoms. The molecule has 33 heavy (non-hydrogen) atoms. The van der Waals surface area contributed by atoms with Crippen LogP contribution in [-0.2, 0) is 16.1 Å². The molecule has 0 aliphatic carbocycles. The van der Waals surface area contributed by atoms with Crippen LogP contribution in [0.4, 0.5) is 11.4 Å². The molecule has 2 amide bonds. The van der Waals surface area contributed by atoms with Crippen molar-refractivity contribution in [2.24, 2.45) is 4.99 Å². The lowest BCUT2D eigenvalue weighted by molar-refractivity contribution is -0.129. The number of thioether (sulfide) groups is 1. The highest BCUT2D eigenvalue weighted by Gasteiger charge is 2.36. The van der Waals surface area contributed by atoms with Gasteiger partial charge in [-0.25, -0.2) is 4.99 Å². The van der Waals surface area contributed by atoms with Gasteiger partial charge in [0.1, 0.15) is 11.0 Å². The molecular formula is C26H25N3O3S. The van der Waals surface area contributed by atoms with Gasteiger partial charge in [0, 0.05) is 12.1 Å². The highest BCUT2D eigenvalue weighted by Crippen LogP contribution is 2.31. The Morgan fingerprint density at radius 1 is 1.09 bits per heavy atom. The summed E-state index contributed by atoms with van der Waals surface area (Å²) in [6, 6.07) is 24.6. The fraction of sp³-hybridized carbons (Fsp3) is 0.192. The number of aliphatic imine (C=N–C) groups is 1. The number of hydrogen-bond donors (Lipinski definition) is 1. The van der Waals surface area contributed by atoms with E-state index in [-0.39, 0.29) is 18.2 Å². The van der Waals surface area contributed by atoms with Crippen molar-refractivity contribution in [2.45, 2.75) is 25.1 Å². The van der Waals surface area contributed by atoms with Gasteiger partial charge in [-0.2, -0.15) is 0 Å². The fourth-order valence-electron chi connectivity index (χ4n) is 3.47. The normalized spacial score (nSPS) is 17.2. The van der Waals surface area contributed by atoms with E-state index < -0.39 is 5.25 Å². The number of nitrogens with zero attached hydrogens (tertiary/aromatic N) is 2. The molecule has 1 heterocycles. The van der Waals surface area contributed by atoms with E-state index in [0.29, 0.717) is 11.7 Å². The molecule has 3 aromatic rings. The number of hydrogen-bond acceptors (Lipinski definition) is 5. The first kappa shape index (κ1) is 22.6. The van der Waals surface area contributed by atoms with E-state index in [1.807, 2.05) is 85.8 Å². The van der Waals surface area contributed by atoms with E-state index in [1.165, 1.54) is 11.8 Å². The summed E-state index contributed by atoms with van der Waals surface area (Å²) < 4.78 is 5.22. The minimum atomic E-state index is -0.562. The molecule has 1 fully saturated rings. The van der Waals surface area contributed by atoms with Crippen molar-refractivity contribution < 1.29 is 14.3 Å². The largest absolute Gasteiger partial charge is 0.497 e. The Kier molecular flexibility index (Phi) is 7.10. The summed E-state index contributed by atoms with van der Waals surface area (Å²) in [5.41, 5.74) is 3.45. The Morgan fingerprint density at radius 3 is 2.55 bits per heavy atom. The molecule has 0 radical (unpaired) electrons. The average molecular weight is 460 g/mol. The van der Waals surface area contributed by atoms with Crippen LogP contribution in [0.3, 0.4) is 0 Å². The van der Waals surface area contributed by atoms with E-state index in [4.69, 9.17) is 9.73 Å². The molecule has 1 saturated heterocycles. The lowest BCUT2D eigenvalue weighted by Crippen LogP contribution is -2.44. The van der Waals surface area contributed by atoms with E-state index in [1.54, 1.807) is 12.0 Å². The van der Waals surface area contributed by atoms with Crippen LogP contribution in [0, 0.1) is 6.92 Å². The summed E-state index contributed by atoms with van der Waals surface area (Å²) in [4.78, 5) is 32.5. The molecule has 1 aliphatic rings. The number of anilines is 1. The van der Waals surface area contributed by atoms with Crippen molar-refractivity contribution in [3.63, 3.8) is 0 Å². The zero-order valence-electron chi connectivity index (χ0n) is 18.5. The predicted octanol–water partition coefficient (Wildman–Crippen LogP) is 5.16. The Hall–Kier alpha value is -3.58. The molecule has 0 bridgehead atoms. The molecule has 1 unspecified atom stereocenters. The Bertz CT molecular complexity index is 1160. The zero-order chi connectivity index (χ0) is 23.2. The summed E-state index contributed by atoms with van der Waals surface area (Å²) in [5.74, 6) is 0.414. The maximum Gasteiger partial charge on any atom is 0.238 e. The smallest absolute Gasteiger partial charge is 0.238 e. The number of methoxy groups -OCH3 is 1. The molecule has 0 spiro atoms. The van der Waals surface area contributed by atoms with Gasteiger partial charge in [-0.15, -0.1) is 0 Å². The maximum atomic E-state index is 13.2. The van der Waals surface area contributed by atoms with Crippen LogP contribution >= 0.6 is 11.8 Å². The molecule has 168 valence electrons. The molecular weight excluding hydrogens is 434 g/mol. The summed E-state index contributed by atoms with van der Waals surface area (Å²) >= 11 is 1.31. The van der Waals surface area contributed by atoms with Crippen LogP contribution in [0.25, 0.3) is 0 Å². The Labute approximate surface area is 197 Å². The third-order valence-corrected chi connectivity index (χ3v) is 6.39. The summed E-state index contributed by atoms with van der Waals surface area (Å²) in [7, 11) is 1.62. The molecule has 4 rings (SSSR count). The number of aryl methyl sites for hydroxylation is 1. The van der Waals surface area contributed by atoms with Crippen molar-refractivity contribution >= 4 is 40.1 Å². The quantitative estimate of drug-likeness (QED) is 0.552. The Balaban J connectivity index is 1.57. The first-order valence-electron chi connectivity index (χ1n) is 10.6. The lowest BCUT2D eigenvalue weighted by atomic mass is 10.1. The number of benzene rings is 3. The molecule has 1 N–H and O–H groups in total. The number of carbonyl (C=O) groups is 2. The minimum absolute atomic E-state index is 0.103. The summed E-state index contributed by atoms with van der Waals surface area (Å²) in [6.07, 6.45) is 0.103. The van der Waals surface area contributed by atoms with Gasteiger partial charge >= 0.3 is 0 Å². The number of rotatable bonds is 6. The van der Waals surface area contributed by atoms with Gasteiger partial charge in [-0.3, -0.25) is 14.5 Å². The highest BCUT2D eigenvalue weighted by atomic mass is 32.2. The van der Waals surface area contributed by atoms with Crippen LogP contribution < -0.4 is 10.1 Å². The second kappa shape index (κ2) is 10.4. The third-order valence-electron chi connectivity index (χ3n) is 5.20. The standard InChI is InChI=1S/C26H25N3O3S/c1-18-7-6-10-21(15-18)27-25(31)23-16-24(30)29(17-19-11-13-22(32-2)14-12-19)26(33-23)28-20-8-4-3-5-9-20/h3-15,23H,16-17H2,1-2H3,(H,27,31). The van der Waals surface area contributed by atoms with Crippen LogP contribution in [0.2, 0.25) is 0 Å². The second-order valence-corrected chi connectivity index (χ2v) is 8.90. The van der Waals surface area contributed by atoms with Gasteiger partial charge in [0.2, 0.25) is 11.8 Å². The van der Waals surface area contributed by atoms with E-state index in [9.17, 15) is 9.59 Å². The van der Waals surface area contributed by atoms with Crippen molar-refractivity contribution in [1.82, 2.24) is 4.90 Å². The number of amidine groups is 1. The van der Waals surface area contributed by atoms with Crippen LogP contribution in [0.5, 0.6) is 5.75 Å². The number of nitrogens with one attached hydrogen (secondary N) is 1. The van der Waals surface area contributed by atoms with Gasteiger partial charge in [-0.1, -0.05) is 54.2 Å².